The van der Waals surface area contributed by atoms with Gasteiger partial charge in [0.15, 0.2) is 0 Å². The summed E-state index contributed by atoms with van der Waals surface area (Å²) in [5.41, 5.74) is 11.2. The number of piperidine rings is 1. The van der Waals surface area contributed by atoms with Crippen LogP contribution in [0.5, 0.6) is 0 Å². The average molecular weight is 333 g/mol. The smallest absolute Gasteiger partial charge is 0.241 e. The fraction of sp³-hybridized carbons (Fsp3) is 0.889. The molecule has 0 radical (unpaired) electrons. The number of hydrogen-bond donors (Lipinski definition) is 3. The third-order valence-electron chi connectivity index (χ3n) is 7.69. The van der Waals surface area contributed by atoms with Gasteiger partial charge in [-0.25, -0.2) is 0 Å². The number of amides is 2. The van der Waals surface area contributed by atoms with E-state index < -0.39 is 23.6 Å². The molecule has 6 aliphatic rings. The first-order valence-electron chi connectivity index (χ1n) is 9.40. The summed E-state index contributed by atoms with van der Waals surface area (Å²) < 4.78 is 0. The average Bonchev–Trinajstić information content (AvgIpc) is 3.13. The highest BCUT2D eigenvalue weighted by Crippen LogP contribution is 2.63. The highest BCUT2D eigenvalue weighted by atomic mass is 16.3. The van der Waals surface area contributed by atoms with Crippen LogP contribution in [0, 0.1) is 23.2 Å². The number of aliphatic hydroxyl groups is 1. The second-order valence-electron chi connectivity index (χ2n) is 9.49. The lowest BCUT2D eigenvalue weighted by Crippen LogP contribution is -2.65. The molecule has 24 heavy (non-hydrogen) atoms. The minimum absolute atomic E-state index is 0.102. The third kappa shape index (κ3) is 1.96. The Morgan fingerprint density at radius 3 is 2.33 bits per heavy atom. The summed E-state index contributed by atoms with van der Waals surface area (Å²) in [5.74, 6) is 0.906. The van der Waals surface area contributed by atoms with Gasteiger partial charge < -0.3 is 21.5 Å². The topological polar surface area (TPSA) is 110 Å². The molecular formula is C18H27N3O3. The quantitative estimate of drug-likeness (QED) is 0.681. The van der Waals surface area contributed by atoms with Gasteiger partial charge in [0, 0.05) is 6.04 Å². The Bertz CT molecular complexity index is 607. The number of carbonyl (C=O) groups is 2. The molecule has 132 valence electrons. The first kappa shape index (κ1) is 15.1. The molecule has 6 nitrogen and oxygen atoms in total. The predicted octanol–water partition coefficient (Wildman–Crippen LogP) is 0.120. The number of rotatable bonds is 3. The maximum absolute atomic E-state index is 13.2. The Hall–Kier alpha value is -1.14. The van der Waals surface area contributed by atoms with Gasteiger partial charge in [0.1, 0.15) is 6.04 Å². The van der Waals surface area contributed by atoms with Gasteiger partial charge in [0.25, 0.3) is 0 Å². The van der Waals surface area contributed by atoms with E-state index in [0.29, 0.717) is 30.6 Å². The van der Waals surface area contributed by atoms with Crippen LogP contribution < -0.4 is 11.5 Å². The maximum atomic E-state index is 13.2. The molecule has 0 aromatic carbocycles. The van der Waals surface area contributed by atoms with Gasteiger partial charge in [0.2, 0.25) is 11.8 Å². The maximum Gasteiger partial charge on any atom is 0.241 e. The molecule has 0 spiro atoms. The fourth-order valence-corrected chi connectivity index (χ4v) is 7.10. The number of fused-ring (bicyclic) bond motifs is 1. The molecular weight excluding hydrogens is 306 g/mol. The Balaban J connectivity index is 1.43. The summed E-state index contributed by atoms with van der Waals surface area (Å²) in [5, 5.41) is 10.9. The SMILES string of the molecule is NC(=O)C1C[C@@H]2C[C@@H]2N1C(=O)[C@@H](N)C12C[C@@H]3C[C@H](CC(O)(C3)C1)C2. The predicted molar refractivity (Wildman–Crippen MR) is 86.4 cm³/mol. The van der Waals surface area contributed by atoms with E-state index in [1.807, 2.05) is 0 Å². The molecule has 2 amide bonds. The summed E-state index contributed by atoms with van der Waals surface area (Å²) in [7, 11) is 0. The van der Waals surface area contributed by atoms with Gasteiger partial charge in [-0.05, 0) is 74.5 Å². The molecule has 6 rings (SSSR count). The molecule has 1 unspecified atom stereocenters. The van der Waals surface area contributed by atoms with Gasteiger partial charge in [-0.15, -0.1) is 0 Å². The third-order valence-corrected chi connectivity index (χ3v) is 7.69. The first-order chi connectivity index (χ1) is 11.3. The Morgan fingerprint density at radius 2 is 1.75 bits per heavy atom. The zero-order valence-corrected chi connectivity index (χ0v) is 14.0. The normalized spacial score (nSPS) is 52.2. The van der Waals surface area contributed by atoms with Gasteiger partial charge in [-0.2, -0.15) is 0 Å². The number of hydrogen-bond acceptors (Lipinski definition) is 4. The molecule has 1 heterocycles. The lowest BCUT2D eigenvalue weighted by atomic mass is 9.46. The van der Waals surface area contributed by atoms with Gasteiger partial charge >= 0.3 is 0 Å². The summed E-state index contributed by atoms with van der Waals surface area (Å²) >= 11 is 0. The Labute approximate surface area is 141 Å². The van der Waals surface area contributed by atoms with Crippen molar-refractivity contribution in [3.8, 4) is 0 Å². The van der Waals surface area contributed by atoms with E-state index in [-0.39, 0.29) is 17.4 Å². The van der Waals surface area contributed by atoms with Crippen LogP contribution in [-0.2, 0) is 9.59 Å². The number of primary amides is 1. The van der Waals surface area contributed by atoms with E-state index in [1.165, 1.54) is 6.42 Å². The van der Waals surface area contributed by atoms with Gasteiger partial charge in [0.05, 0.1) is 11.6 Å². The molecule has 4 bridgehead atoms. The summed E-state index contributed by atoms with van der Waals surface area (Å²) in [4.78, 5) is 26.7. The van der Waals surface area contributed by atoms with Gasteiger partial charge in [-0.1, -0.05) is 0 Å². The molecule has 5 aliphatic carbocycles. The fourth-order valence-electron chi connectivity index (χ4n) is 7.10. The van der Waals surface area contributed by atoms with Crippen molar-refractivity contribution in [3.05, 3.63) is 0 Å². The molecule has 1 aliphatic heterocycles. The van der Waals surface area contributed by atoms with Crippen molar-refractivity contribution in [2.75, 3.05) is 0 Å². The second kappa shape index (κ2) is 4.52. The van der Waals surface area contributed by atoms with E-state index in [4.69, 9.17) is 11.5 Å². The molecule has 0 aromatic heterocycles. The van der Waals surface area contributed by atoms with Crippen molar-refractivity contribution in [2.45, 2.75) is 75.1 Å². The van der Waals surface area contributed by atoms with Crippen LogP contribution in [0.15, 0.2) is 0 Å². The van der Waals surface area contributed by atoms with Crippen LogP contribution in [0.25, 0.3) is 0 Å². The number of likely N-dealkylation sites (tertiary alicyclic amines) is 1. The largest absolute Gasteiger partial charge is 0.390 e. The van der Waals surface area contributed by atoms with Crippen molar-refractivity contribution in [2.24, 2.45) is 34.6 Å². The van der Waals surface area contributed by atoms with E-state index in [1.54, 1.807) is 4.90 Å². The molecule has 6 heteroatoms. The first-order valence-corrected chi connectivity index (χ1v) is 9.40. The molecule has 5 N–H and O–H groups in total. The molecule has 6 atom stereocenters. The van der Waals surface area contributed by atoms with Crippen molar-refractivity contribution in [1.29, 1.82) is 0 Å². The van der Waals surface area contributed by atoms with Crippen LogP contribution in [-0.4, -0.2) is 45.5 Å². The lowest BCUT2D eigenvalue weighted by Gasteiger charge is -2.61. The molecule has 1 saturated heterocycles. The van der Waals surface area contributed by atoms with Crippen LogP contribution >= 0.6 is 0 Å². The second-order valence-corrected chi connectivity index (χ2v) is 9.49. The standard InChI is InChI=1S/C18H27N3O3/c19-14(16(23)21-12-2-11(12)3-13(21)15(20)22)17-4-9-1-10(5-17)7-18(24,6-9)8-17/h9-14,24H,1-8,19H2,(H2,20,22)/t9-,10-,11-,12-,13?,14+,17?,18?/m0/s1. The number of carbonyl (C=O) groups excluding carboxylic acids is 2. The van der Waals surface area contributed by atoms with Crippen LogP contribution in [0.1, 0.15) is 51.4 Å². The lowest BCUT2D eigenvalue weighted by molar-refractivity contribution is -0.178. The highest BCUT2D eigenvalue weighted by Gasteiger charge is 2.63. The zero-order valence-electron chi connectivity index (χ0n) is 14.0. The Morgan fingerprint density at radius 1 is 1.08 bits per heavy atom. The number of nitrogens with two attached hydrogens (primary N) is 2. The Kier molecular flexibility index (Phi) is 2.85. The minimum Gasteiger partial charge on any atom is -0.390 e. The number of nitrogens with zero attached hydrogens (tertiary/aromatic N) is 1. The van der Waals surface area contributed by atoms with Crippen LogP contribution in [0.4, 0.5) is 0 Å². The van der Waals surface area contributed by atoms with Crippen molar-refractivity contribution < 1.29 is 14.7 Å². The molecule has 0 aromatic rings. The van der Waals surface area contributed by atoms with Crippen molar-refractivity contribution in [3.63, 3.8) is 0 Å². The van der Waals surface area contributed by atoms with Gasteiger partial charge in [-0.3, -0.25) is 9.59 Å². The van der Waals surface area contributed by atoms with E-state index in [9.17, 15) is 14.7 Å². The van der Waals surface area contributed by atoms with E-state index >= 15 is 0 Å². The highest BCUT2D eigenvalue weighted by molar-refractivity contribution is 5.91. The van der Waals surface area contributed by atoms with Crippen LogP contribution in [0.2, 0.25) is 0 Å². The molecule has 5 saturated carbocycles. The van der Waals surface area contributed by atoms with Crippen molar-refractivity contribution >= 4 is 11.8 Å². The monoisotopic (exact) mass is 333 g/mol. The summed E-state index contributed by atoms with van der Waals surface area (Å²) in [6.07, 6.45) is 7.11. The summed E-state index contributed by atoms with van der Waals surface area (Å²) in [6.45, 7) is 0. The molecule has 6 fully saturated rings. The zero-order chi connectivity index (χ0) is 16.9. The summed E-state index contributed by atoms with van der Waals surface area (Å²) in [6, 6.07) is -0.932. The van der Waals surface area contributed by atoms with Crippen LogP contribution in [0.3, 0.4) is 0 Å². The van der Waals surface area contributed by atoms with E-state index in [2.05, 4.69) is 0 Å². The van der Waals surface area contributed by atoms with Crippen molar-refractivity contribution in [1.82, 2.24) is 4.90 Å². The minimum atomic E-state index is -0.627. The van der Waals surface area contributed by atoms with E-state index in [0.717, 1.165) is 32.1 Å².